The normalized spacial score (nSPS) is 22.3. The molecule has 1 aliphatic heterocycles. The third-order valence-electron chi connectivity index (χ3n) is 3.26. The number of imide groups is 1. The molecule has 2 amide bonds. The molecule has 1 unspecified atom stereocenters. The third kappa shape index (κ3) is 3.16. The van der Waals surface area contributed by atoms with Crippen LogP contribution in [0.2, 0.25) is 0 Å². The van der Waals surface area contributed by atoms with E-state index in [1.165, 1.54) is 4.90 Å². The zero-order valence-corrected chi connectivity index (χ0v) is 13.5. The van der Waals surface area contributed by atoms with Gasteiger partial charge >= 0.3 is 0 Å². The average molecular weight is 315 g/mol. The first-order chi connectivity index (χ1) is 8.95. The SMILES string of the molecule is CN(C)CCN1C(=O)SC(C)(c2ccccc2)C1=O.Cl. The van der Waals surface area contributed by atoms with Gasteiger partial charge in [0.05, 0.1) is 0 Å². The molecule has 4 nitrogen and oxygen atoms in total. The molecule has 1 aromatic carbocycles. The number of rotatable bonds is 4. The zero-order valence-electron chi connectivity index (χ0n) is 11.8. The number of nitrogens with zero attached hydrogens (tertiary/aromatic N) is 2. The molecule has 1 fully saturated rings. The molecule has 2 rings (SSSR count). The number of carbonyl (C=O) groups is 2. The fourth-order valence-corrected chi connectivity index (χ4v) is 3.13. The minimum absolute atomic E-state index is 0. The Morgan fingerprint density at radius 2 is 1.80 bits per heavy atom. The van der Waals surface area contributed by atoms with Crippen molar-refractivity contribution in [2.45, 2.75) is 11.7 Å². The summed E-state index contributed by atoms with van der Waals surface area (Å²) in [6, 6.07) is 9.48. The Morgan fingerprint density at radius 1 is 1.20 bits per heavy atom. The van der Waals surface area contributed by atoms with Crippen molar-refractivity contribution in [2.24, 2.45) is 0 Å². The van der Waals surface area contributed by atoms with E-state index in [0.29, 0.717) is 13.1 Å². The largest absolute Gasteiger partial charge is 0.308 e. The third-order valence-corrected chi connectivity index (χ3v) is 4.47. The number of hydrogen-bond donors (Lipinski definition) is 0. The Morgan fingerprint density at radius 3 is 2.35 bits per heavy atom. The maximum Gasteiger partial charge on any atom is 0.289 e. The first kappa shape index (κ1) is 17.0. The molecule has 110 valence electrons. The molecule has 0 aliphatic carbocycles. The van der Waals surface area contributed by atoms with Crippen LogP contribution in [0.1, 0.15) is 12.5 Å². The van der Waals surface area contributed by atoms with Crippen LogP contribution in [-0.4, -0.2) is 48.1 Å². The number of thioether (sulfide) groups is 1. The highest BCUT2D eigenvalue weighted by molar-refractivity contribution is 8.15. The van der Waals surface area contributed by atoms with Gasteiger partial charge in [-0.25, -0.2) is 0 Å². The van der Waals surface area contributed by atoms with Gasteiger partial charge in [0.2, 0.25) is 0 Å². The summed E-state index contributed by atoms with van der Waals surface area (Å²) < 4.78 is -0.787. The molecule has 1 aromatic rings. The van der Waals surface area contributed by atoms with Crippen LogP contribution in [0.5, 0.6) is 0 Å². The molecular formula is C14H19ClN2O2S. The van der Waals surface area contributed by atoms with E-state index in [2.05, 4.69) is 0 Å². The van der Waals surface area contributed by atoms with Crippen LogP contribution >= 0.6 is 24.2 Å². The number of halogens is 1. The second-order valence-corrected chi connectivity index (χ2v) is 6.40. The molecule has 0 saturated carbocycles. The minimum atomic E-state index is -0.787. The molecule has 6 heteroatoms. The molecule has 1 heterocycles. The summed E-state index contributed by atoms with van der Waals surface area (Å²) in [6.45, 7) is 2.95. The first-order valence-electron chi connectivity index (χ1n) is 6.20. The van der Waals surface area contributed by atoms with Crippen molar-refractivity contribution in [3.8, 4) is 0 Å². The smallest absolute Gasteiger partial charge is 0.289 e. The van der Waals surface area contributed by atoms with Crippen molar-refractivity contribution >= 4 is 35.3 Å². The molecule has 20 heavy (non-hydrogen) atoms. The van der Waals surface area contributed by atoms with E-state index in [1.807, 2.05) is 56.3 Å². The van der Waals surface area contributed by atoms with Gasteiger partial charge in [0.1, 0.15) is 4.75 Å². The standard InChI is InChI=1S/C14H18N2O2S.ClH/c1-14(11-7-5-4-6-8-11)12(17)16(13(18)19-14)10-9-15(2)3;/h4-8H,9-10H2,1-3H3;1H. The van der Waals surface area contributed by atoms with Gasteiger partial charge in [-0.05, 0) is 38.3 Å². The van der Waals surface area contributed by atoms with E-state index in [4.69, 9.17) is 0 Å². The van der Waals surface area contributed by atoms with Crippen LogP contribution < -0.4 is 0 Å². The van der Waals surface area contributed by atoms with Crippen LogP contribution in [0, 0.1) is 0 Å². The summed E-state index contributed by atoms with van der Waals surface area (Å²) in [5.74, 6) is -0.115. The van der Waals surface area contributed by atoms with Crippen molar-refractivity contribution in [2.75, 3.05) is 27.2 Å². The second kappa shape index (κ2) is 6.61. The van der Waals surface area contributed by atoms with E-state index in [9.17, 15) is 9.59 Å². The Balaban J connectivity index is 0.00000200. The lowest BCUT2D eigenvalue weighted by Crippen LogP contribution is -2.39. The fraction of sp³-hybridized carbons (Fsp3) is 0.429. The van der Waals surface area contributed by atoms with Crippen LogP contribution in [0.3, 0.4) is 0 Å². The van der Waals surface area contributed by atoms with Crippen LogP contribution in [0.4, 0.5) is 4.79 Å². The van der Waals surface area contributed by atoms with Gasteiger partial charge < -0.3 is 4.90 Å². The van der Waals surface area contributed by atoms with Crippen LogP contribution in [0.15, 0.2) is 30.3 Å². The summed E-state index contributed by atoms with van der Waals surface area (Å²) in [5.41, 5.74) is 0.880. The second-order valence-electron chi connectivity index (χ2n) is 5.03. The topological polar surface area (TPSA) is 40.6 Å². The summed E-state index contributed by atoms with van der Waals surface area (Å²) >= 11 is 1.11. The predicted octanol–water partition coefficient (Wildman–Crippen LogP) is 2.58. The molecule has 0 radical (unpaired) electrons. The Hall–Kier alpha value is -1.04. The highest BCUT2D eigenvalue weighted by atomic mass is 35.5. The summed E-state index contributed by atoms with van der Waals surface area (Å²) in [5, 5.41) is -0.154. The van der Waals surface area contributed by atoms with E-state index >= 15 is 0 Å². The predicted molar refractivity (Wildman–Crippen MR) is 84.3 cm³/mol. The number of likely N-dealkylation sites (N-methyl/N-ethyl adjacent to an activating group) is 1. The number of benzene rings is 1. The van der Waals surface area contributed by atoms with Crippen molar-refractivity contribution in [3.63, 3.8) is 0 Å². The van der Waals surface area contributed by atoms with E-state index < -0.39 is 4.75 Å². The maximum atomic E-state index is 12.5. The number of carbonyl (C=O) groups excluding carboxylic acids is 2. The monoisotopic (exact) mass is 314 g/mol. The Bertz CT molecular complexity index is 495. The van der Waals surface area contributed by atoms with E-state index in [0.717, 1.165) is 17.3 Å². The Labute approximate surface area is 129 Å². The van der Waals surface area contributed by atoms with Gasteiger partial charge in [-0.2, -0.15) is 0 Å². The fourth-order valence-electron chi connectivity index (χ4n) is 2.05. The minimum Gasteiger partial charge on any atom is -0.308 e. The zero-order chi connectivity index (χ0) is 14.0. The molecule has 0 spiro atoms. The van der Waals surface area contributed by atoms with Crippen molar-refractivity contribution < 1.29 is 9.59 Å². The number of hydrogen-bond acceptors (Lipinski definition) is 4. The lowest BCUT2D eigenvalue weighted by molar-refractivity contribution is -0.129. The molecule has 0 N–H and O–H groups in total. The highest BCUT2D eigenvalue weighted by Gasteiger charge is 2.50. The molecular weight excluding hydrogens is 296 g/mol. The van der Waals surface area contributed by atoms with Gasteiger partial charge in [-0.15, -0.1) is 12.4 Å². The van der Waals surface area contributed by atoms with Crippen molar-refractivity contribution in [3.05, 3.63) is 35.9 Å². The van der Waals surface area contributed by atoms with Crippen molar-refractivity contribution in [1.82, 2.24) is 9.80 Å². The molecule has 1 aliphatic rings. The van der Waals surface area contributed by atoms with Gasteiger partial charge in [0.25, 0.3) is 11.1 Å². The van der Waals surface area contributed by atoms with Gasteiger partial charge in [-0.1, -0.05) is 30.3 Å². The Kier molecular flexibility index (Phi) is 5.62. The van der Waals surface area contributed by atoms with E-state index in [1.54, 1.807) is 0 Å². The van der Waals surface area contributed by atoms with Crippen LogP contribution in [0.25, 0.3) is 0 Å². The lowest BCUT2D eigenvalue weighted by Gasteiger charge is -2.22. The van der Waals surface area contributed by atoms with Gasteiger partial charge in [0, 0.05) is 13.1 Å². The quantitative estimate of drug-likeness (QED) is 0.856. The van der Waals surface area contributed by atoms with Crippen LogP contribution in [-0.2, 0) is 9.54 Å². The van der Waals surface area contributed by atoms with Gasteiger partial charge in [0.15, 0.2) is 0 Å². The maximum absolute atomic E-state index is 12.5. The average Bonchev–Trinajstić information content (AvgIpc) is 2.60. The summed E-state index contributed by atoms with van der Waals surface area (Å²) in [6.07, 6.45) is 0. The molecule has 1 atom stereocenters. The lowest BCUT2D eigenvalue weighted by atomic mass is 9.99. The highest BCUT2D eigenvalue weighted by Crippen LogP contribution is 2.44. The van der Waals surface area contributed by atoms with Gasteiger partial charge in [-0.3, -0.25) is 14.5 Å². The van der Waals surface area contributed by atoms with E-state index in [-0.39, 0.29) is 23.6 Å². The molecule has 1 saturated heterocycles. The van der Waals surface area contributed by atoms with Crippen molar-refractivity contribution in [1.29, 1.82) is 0 Å². The summed E-state index contributed by atoms with van der Waals surface area (Å²) in [4.78, 5) is 27.9. The molecule has 0 aromatic heterocycles. The first-order valence-corrected chi connectivity index (χ1v) is 7.02. The number of amides is 2. The molecule has 0 bridgehead atoms. The summed E-state index contributed by atoms with van der Waals surface area (Å²) in [7, 11) is 3.85.